The molecule has 0 bridgehead atoms. The van der Waals surface area contributed by atoms with Gasteiger partial charge >= 0.3 is 0 Å². The van der Waals surface area contributed by atoms with E-state index in [1.54, 1.807) is 0 Å². The molecule has 2 fully saturated rings. The van der Waals surface area contributed by atoms with E-state index in [0.29, 0.717) is 12.6 Å². The van der Waals surface area contributed by atoms with Gasteiger partial charge in [0.15, 0.2) is 0 Å². The monoisotopic (exact) mass is 197 g/mol. The van der Waals surface area contributed by atoms with E-state index in [1.807, 2.05) is 0 Å². The Hall–Kier alpha value is -0.0800. The van der Waals surface area contributed by atoms with Crippen molar-refractivity contribution in [2.24, 2.45) is 17.6 Å². The van der Waals surface area contributed by atoms with Gasteiger partial charge in [-0.2, -0.15) is 0 Å². The highest BCUT2D eigenvalue weighted by Crippen LogP contribution is 2.45. The van der Waals surface area contributed by atoms with Gasteiger partial charge in [-0.3, -0.25) is 0 Å². The Bertz CT molecular complexity index is 206. The molecule has 0 aromatic carbocycles. The van der Waals surface area contributed by atoms with Crippen molar-refractivity contribution >= 4 is 0 Å². The molecule has 14 heavy (non-hydrogen) atoms. The van der Waals surface area contributed by atoms with Crippen LogP contribution >= 0.6 is 0 Å². The molecular weight excluding hydrogens is 174 g/mol. The lowest BCUT2D eigenvalue weighted by atomic mass is 9.72. The van der Waals surface area contributed by atoms with Gasteiger partial charge in [-0.1, -0.05) is 13.8 Å². The van der Waals surface area contributed by atoms with Crippen molar-refractivity contribution in [3.05, 3.63) is 0 Å². The van der Waals surface area contributed by atoms with Crippen LogP contribution in [0.4, 0.5) is 0 Å². The van der Waals surface area contributed by atoms with E-state index < -0.39 is 0 Å². The third-order valence-electron chi connectivity index (χ3n) is 4.32. The first-order valence-corrected chi connectivity index (χ1v) is 6.03. The predicted molar refractivity (Wildman–Crippen MR) is 58.1 cm³/mol. The largest absolute Gasteiger partial charge is 0.370 e. The summed E-state index contributed by atoms with van der Waals surface area (Å²) >= 11 is 0. The van der Waals surface area contributed by atoms with Crippen LogP contribution in [0, 0.1) is 11.8 Å². The second-order valence-electron chi connectivity index (χ2n) is 5.39. The topological polar surface area (TPSA) is 35.2 Å². The Morgan fingerprint density at radius 1 is 1.21 bits per heavy atom. The van der Waals surface area contributed by atoms with E-state index in [2.05, 4.69) is 13.8 Å². The highest BCUT2D eigenvalue weighted by molar-refractivity contribution is 4.94. The standard InChI is InChI=1S/C12H23NO/c1-9-3-5-12(7-10(9)2)6-4-11(8-13)14-12/h9-11H,3-8,13H2,1-2H3/t9-,10-,11+,12+/m1/s1. The molecule has 2 rings (SSSR count). The normalized spacial score (nSPS) is 48.6. The van der Waals surface area contributed by atoms with Crippen molar-refractivity contribution < 1.29 is 4.74 Å². The van der Waals surface area contributed by atoms with Crippen LogP contribution in [0.3, 0.4) is 0 Å². The van der Waals surface area contributed by atoms with Crippen LogP contribution < -0.4 is 5.73 Å². The van der Waals surface area contributed by atoms with Crippen molar-refractivity contribution in [3.8, 4) is 0 Å². The van der Waals surface area contributed by atoms with Crippen LogP contribution in [-0.2, 0) is 4.74 Å². The van der Waals surface area contributed by atoms with Crippen molar-refractivity contribution in [2.45, 2.75) is 57.7 Å². The van der Waals surface area contributed by atoms with Gasteiger partial charge in [0.2, 0.25) is 0 Å². The van der Waals surface area contributed by atoms with Crippen LogP contribution in [0.2, 0.25) is 0 Å². The Morgan fingerprint density at radius 2 is 1.93 bits per heavy atom. The zero-order chi connectivity index (χ0) is 10.2. The molecular formula is C12H23NO. The number of ether oxygens (including phenoxy) is 1. The molecule has 1 aliphatic heterocycles. The highest BCUT2D eigenvalue weighted by Gasteiger charge is 2.43. The zero-order valence-electron chi connectivity index (χ0n) is 9.46. The summed E-state index contributed by atoms with van der Waals surface area (Å²) < 4.78 is 6.13. The third kappa shape index (κ3) is 1.82. The fourth-order valence-electron chi connectivity index (χ4n) is 3.06. The number of hydrogen-bond acceptors (Lipinski definition) is 2. The molecule has 0 unspecified atom stereocenters. The fourth-order valence-corrected chi connectivity index (χ4v) is 3.06. The molecule has 2 nitrogen and oxygen atoms in total. The molecule has 1 aliphatic carbocycles. The van der Waals surface area contributed by atoms with Crippen LogP contribution in [0.15, 0.2) is 0 Å². The molecule has 0 aromatic heterocycles. The molecule has 2 aliphatic rings. The van der Waals surface area contributed by atoms with E-state index in [1.165, 1.54) is 32.1 Å². The second kappa shape index (κ2) is 3.82. The number of rotatable bonds is 1. The van der Waals surface area contributed by atoms with Gasteiger partial charge in [0, 0.05) is 6.54 Å². The maximum absolute atomic E-state index is 6.13. The maximum Gasteiger partial charge on any atom is 0.0705 e. The first-order valence-electron chi connectivity index (χ1n) is 6.03. The van der Waals surface area contributed by atoms with Gasteiger partial charge in [0.1, 0.15) is 0 Å². The van der Waals surface area contributed by atoms with Crippen molar-refractivity contribution in [1.29, 1.82) is 0 Å². The zero-order valence-corrected chi connectivity index (χ0v) is 9.46. The fraction of sp³-hybridized carbons (Fsp3) is 1.00. The first-order chi connectivity index (χ1) is 6.65. The minimum atomic E-state index is 0.218. The van der Waals surface area contributed by atoms with E-state index >= 15 is 0 Å². The summed E-state index contributed by atoms with van der Waals surface area (Å²) in [4.78, 5) is 0. The minimum Gasteiger partial charge on any atom is -0.370 e. The summed E-state index contributed by atoms with van der Waals surface area (Å²) in [7, 11) is 0. The number of hydrogen-bond donors (Lipinski definition) is 1. The lowest BCUT2D eigenvalue weighted by Crippen LogP contribution is -2.38. The van der Waals surface area contributed by atoms with E-state index in [9.17, 15) is 0 Å². The Kier molecular flexibility index (Phi) is 2.85. The van der Waals surface area contributed by atoms with Crippen molar-refractivity contribution in [3.63, 3.8) is 0 Å². The smallest absolute Gasteiger partial charge is 0.0705 e. The summed E-state index contributed by atoms with van der Waals surface area (Å²) in [5, 5.41) is 0. The van der Waals surface area contributed by atoms with E-state index in [-0.39, 0.29) is 5.60 Å². The molecule has 0 amide bonds. The summed E-state index contributed by atoms with van der Waals surface area (Å²) in [6.07, 6.45) is 6.61. The molecule has 0 radical (unpaired) electrons. The molecule has 2 N–H and O–H groups in total. The van der Waals surface area contributed by atoms with Gasteiger partial charge in [-0.25, -0.2) is 0 Å². The summed E-state index contributed by atoms with van der Waals surface area (Å²) in [5.74, 6) is 1.70. The van der Waals surface area contributed by atoms with Crippen LogP contribution in [-0.4, -0.2) is 18.2 Å². The summed E-state index contributed by atoms with van der Waals surface area (Å²) in [6, 6.07) is 0. The minimum absolute atomic E-state index is 0.218. The molecule has 1 saturated carbocycles. The van der Waals surface area contributed by atoms with Gasteiger partial charge in [-0.15, -0.1) is 0 Å². The molecule has 4 atom stereocenters. The molecule has 0 aromatic rings. The molecule has 82 valence electrons. The van der Waals surface area contributed by atoms with E-state index in [4.69, 9.17) is 10.5 Å². The van der Waals surface area contributed by atoms with Crippen molar-refractivity contribution in [2.75, 3.05) is 6.54 Å². The predicted octanol–water partition coefficient (Wildman–Crippen LogP) is 2.32. The van der Waals surface area contributed by atoms with E-state index in [0.717, 1.165) is 11.8 Å². The van der Waals surface area contributed by atoms with Crippen LogP contribution in [0.5, 0.6) is 0 Å². The molecule has 1 saturated heterocycles. The molecule has 1 heterocycles. The van der Waals surface area contributed by atoms with Gasteiger partial charge < -0.3 is 10.5 Å². The van der Waals surface area contributed by atoms with Gasteiger partial charge in [-0.05, 0) is 43.9 Å². The quantitative estimate of drug-likeness (QED) is 0.700. The highest BCUT2D eigenvalue weighted by atomic mass is 16.5. The Labute approximate surface area is 87.2 Å². The average molecular weight is 197 g/mol. The molecule has 2 heteroatoms. The summed E-state index contributed by atoms with van der Waals surface area (Å²) in [5.41, 5.74) is 5.88. The third-order valence-corrected chi connectivity index (χ3v) is 4.32. The van der Waals surface area contributed by atoms with Crippen LogP contribution in [0.1, 0.15) is 46.0 Å². The lowest BCUT2D eigenvalue weighted by Gasteiger charge is -2.40. The van der Waals surface area contributed by atoms with Crippen molar-refractivity contribution in [1.82, 2.24) is 0 Å². The molecule has 1 spiro atoms. The average Bonchev–Trinajstić information content (AvgIpc) is 2.56. The van der Waals surface area contributed by atoms with Crippen LogP contribution in [0.25, 0.3) is 0 Å². The second-order valence-corrected chi connectivity index (χ2v) is 5.39. The Morgan fingerprint density at radius 3 is 2.50 bits per heavy atom. The number of nitrogens with two attached hydrogens (primary N) is 1. The first kappa shape index (κ1) is 10.4. The lowest BCUT2D eigenvalue weighted by molar-refractivity contribution is -0.0802. The SMILES string of the molecule is C[C@@H]1CC[C@]2(CC[C@@H](CN)O2)C[C@H]1C. The Balaban J connectivity index is 1.98. The van der Waals surface area contributed by atoms with Gasteiger partial charge in [0.05, 0.1) is 11.7 Å². The summed E-state index contributed by atoms with van der Waals surface area (Å²) in [6.45, 7) is 5.43. The maximum atomic E-state index is 6.13. The van der Waals surface area contributed by atoms with Gasteiger partial charge in [0.25, 0.3) is 0 Å².